The first kappa shape index (κ1) is 23.3. The zero-order valence-corrected chi connectivity index (χ0v) is 19.0. The van der Waals surface area contributed by atoms with Gasteiger partial charge in [-0.2, -0.15) is 0 Å². The summed E-state index contributed by atoms with van der Waals surface area (Å²) < 4.78 is 38.5. The molecule has 0 radical (unpaired) electrons. The standard InChI is InChI=1S/C24H26N2O5S/c1-17-15-20(10-11-21(17)26-24(27)19-7-5-4-6-8-19)32(28,29)25-14-13-18-9-12-22(30-2)23(16-18)31-3/h4-12,15-16,25H,13-14H2,1-3H3,(H,26,27). The number of aryl methyl sites for hydroxylation is 1. The van der Waals surface area contributed by atoms with E-state index in [1.807, 2.05) is 18.2 Å². The molecule has 0 bridgehead atoms. The molecule has 0 aliphatic carbocycles. The highest BCUT2D eigenvalue weighted by molar-refractivity contribution is 7.89. The lowest BCUT2D eigenvalue weighted by molar-refractivity contribution is 0.102. The van der Waals surface area contributed by atoms with Crippen molar-refractivity contribution in [3.63, 3.8) is 0 Å². The minimum Gasteiger partial charge on any atom is -0.493 e. The Bertz CT molecular complexity index is 1190. The topological polar surface area (TPSA) is 93.7 Å². The molecule has 0 aliphatic heterocycles. The molecule has 1 amide bonds. The molecule has 7 nitrogen and oxygen atoms in total. The number of benzene rings is 3. The summed E-state index contributed by atoms with van der Waals surface area (Å²) in [6.07, 6.45) is 0.490. The number of amides is 1. The zero-order valence-electron chi connectivity index (χ0n) is 18.2. The van der Waals surface area contributed by atoms with Crippen LogP contribution < -0.4 is 19.5 Å². The number of ether oxygens (including phenoxy) is 2. The summed E-state index contributed by atoms with van der Waals surface area (Å²) in [5.41, 5.74) is 2.65. The van der Waals surface area contributed by atoms with E-state index in [4.69, 9.17) is 9.47 Å². The molecular formula is C24H26N2O5S. The highest BCUT2D eigenvalue weighted by Gasteiger charge is 2.16. The Labute approximate surface area is 188 Å². The molecule has 168 valence electrons. The van der Waals surface area contributed by atoms with Gasteiger partial charge in [0.1, 0.15) is 0 Å². The van der Waals surface area contributed by atoms with Gasteiger partial charge in [0, 0.05) is 17.8 Å². The van der Waals surface area contributed by atoms with Crippen LogP contribution in [0.3, 0.4) is 0 Å². The lowest BCUT2D eigenvalue weighted by atomic mass is 10.1. The predicted octanol–water partition coefficient (Wildman–Crippen LogP) is 3.79. The minimum atomic E-state index is -3.70. The molecule has 32 heavy (non-hydrogen) atoms. The maximum Gasteiger partial charge on any atom is 0.255 e. The van der Waals surface area contributed by atoms with Gasteiger partial charge in [-0.1, -0.05) is 24.3 Å². The molecule has 0 fully saturated rings. The van der Waals surface area contributed by atoms with Crippen molar-refractivity contribution in [3.8, 4) is 11.5 Å². The van der Waals surface area contributed by atoms with Crippen LogP contribution in [0.4, 0.5) is 5.69 Å². The van der Waals surface area contributed by atoms with Crippen LogP contribution in [0, 0.1) is 6.92 Å². The van der Waals surface area contributed by atoms with Gasteiger partial charge >= 0.3 is 0 Å². The second-order valence-electron chi connectivity index (χ2n) is 7.13. The molecule has 8 heteroatoms. The molecule has 0 spiro atoms. The van der Waals surface area contributed by atoms with Crippen molar-refractivity contribution in [1.29, 1.82) is 0 Å². The van der Waals surface area contributed by atoms with E-state index in [1.165, 1.54) is 6.07 Å². The number of carbonyl (C=O) groups is 1. The van der Waals surface area contributed by atoms with Gasteiger partial charge in [-0.3, -0.25) is 4.79 Å². The Morgan fingerprint density at radius 2 is 1.62 bits per heavy atom. The summed E-state index contributed by atoms with van der Waals surface area (Å²) in [5, 5.41) is 2.81. The first-order valence-corrected chi connectivity index (χ1v) is 11.5. The molecule has 0 aromatic heterocycles. The highest BCUT2D eigenvalue weighted by atomic mass is 32.2. The first-order chi connectivity index (χ1) is 15.3. The summed E-state index contributed by atoms with van der Waals surface area (Å²) in [5.74, 6) is 0.959. The van der Waals surface area contributed by atoms with Crippen molar-refractivity contribution in [1.82, 2.24) is 4.72 Å². The summed E-state index contributed by atoms with van der Waals surface area (Å²) >= 11 is 0. The smallest absolute Gasteiger partial charge is 0.255 e. The Balaban J connectivity index is 1.64. The molecule has 2 N–H and O–H groups in total. The van der Waals surface area contributed by atoms with Gasteiger partial charge < -0.3 is 14.8 Å². The van der Waals surface area contributed by atoms with Crippen molar-refractivity contribution < 1.29 is 22.7 Å². The molecule has 0 atom stereocenters. The lowest BCUT2D eigenvalue weighted by Gasteiger charge is -2.12. The Hall–Kier alpha value is -3.36. The number of hydrogen-bond acceptors (Lipinski definition) is 5. The molecule has 0 saturated carbocycles. The van der Waals surface area contributed by atoms with Gasteiger partial charge in [0.15, 0.2) is 11.5 Å². The molecule has 3 aromatic carbocycles. The number of anilines is 1. The number of hydrogen-bond donors (Lipinski definition) is 2. The van der Waals surface area contributed by atoms with Crippen molar-refractivity contribution in [2.75, 3.05) is 26.1 Å². The van der Waals surface area contributed by atoms with Gasteiger partial charge in [0.05, 0.1) is 19.1 Å². The Kier molecular flexibility index (Phi) is 7.50. The fourth-order valence-corrected chi connectivity index (χ4v) is 4.29. The van der Waals surface area contributed by atoms with Crippen LogP contribution in [0.15, 0.2) is 71.6 Å². The van der Waals surface area contributed by atoms with Crippen LogP contribution in [0.2, 0.25) is 0 Å². The van der Waals surface area contributed by atoms with E-state index < -0.39 is 10.0 Å². The molecular weight excluding hydrogens is 428 g/mol. The molecule has 3 aromatic rings. The van der Waals surface area contributed by atoms with Crippen LogP contribution in [0.25, 0.3) is 0 Å². The van der Waals surface area contributed by atoms with Crippen LogP contribution in [0.1, 0.15) is 21.5 Å². The molecule has 0 unspecified atom stereocenters. The Morgan fingerprint density at radius 3 is 2.28 bits per heavy atom. The normalized spacial score (nSPS) is 11.1. The summed E-state index contributed by atoms with van der Waals surface area (Å²) in [4.78, 5) is 12.5. The van der Waals surface area contributed by atoms with Crippen molar-refractivity contribution in [3.05, 3.63) is 83.4 Å². The molecule has 0 aliphatic rings. The summed E-state index contributed by atoms with van der Waals surface area (Å²) in [6, 6.07) is 18.9. The maximum atomic E-state index is 12.7. The van der Waals surface area contributed by atoms with E-state index >= 15 is 0 Å². The number of nitrogens with one attached hydrogen (secondary N) is 2. The van der Waals surface area contributed by atoms with Crippen LogP contribution in [0.5, 0.6) is 11.5 Å². The van der Waals surface area contributed by atoms with Gasteiger partial charge in [-0.05, 0) is 66.9 Å². The summed E-state index contributed by atoms with van der Waals surface area (Å²) in [6.45, 7) is 1.98. The molecule has 0 heterocycles. The third kappa shape index (κ3) is 5.66. The lowest BCUT2D eigenvalue weighted by Crippen LogP contribution is -2.26. The van der Waals surface area contributed by atoms with E-state index in [1.54, 1.807) is 63.6 Å². The number of rotatable bonds is 9. The molecule has 0 saturated heterocycles. The largest absolute Gasteiger partial charge is 0.493 e. The fraction of sp³-hybridized carbons (Fsp3) is 0.208. The summed E-state index contributed by atoms with van der Waals surface area (Å²) in [7, 11) is -0.582. The quantitative estimate of drug-likeness (QED) is 0.513. The highest BCUT2D eigenvalue weighted by Crippen LogP contribution is 2.27. The van der Waals surface area contributed by atoms with Gasteiger partial charge in [-0.25, -0.2) is 13.1 Å². The van der Waals surface area contributed by atoms with Gasteiger partial charge in [-0.15, -0.1) is 0 Å². The SMILES string of the molecule is COc1ccc(CCNS(=O)(=O)c2ccc(NC(=O)c3ccccc3)c(C)c2)cc1OC. The van der Waals surface area contributed by atoms with Crippen LogP contribution in [-0.4, -0.2) is 35.1 Å². The average molecular weight is 455 g/mol. The van der Waals surface area contributed by atoms with E-state index in [2.05, 4.69) is 10.0 Å². The van der Waals surface area contributed by atoms with Crippen molar-refractivity contribution in [2.45, 2.75) is 18.2 Å². The fourth-order valence-electron chi connectivity index (χ4n) is 3.18. The number of methoxy groups -OCH3 is 2. The average Bonchev–Trinajstić information content (AvgIpc) is 2.80. The third-order valence-corrected chi connectivity index (χ3v) is 6.40. The van der Waals surface area contributed by atoms with E-state index in [0.717, 1.165) is 5.56 Å². The van der Waals surface area contributed by atoms with Gasteiger partial charge in [0.2, 0.25) is 10.0 Å². The Morgan fingerprint density at radius 1 is 0.906 bits per heavy atom. The first-order valence-electron chi connectivity index (χ1n) is 10.0. The van der Waals surface area contributed by atoms with Crippen LogP contribution in [-0.2, 0) is 16.4 Å². The number of sulfonamides is 1. The predicted molar refractivity (Wildman–Crippen MR) is 124 cm³/mol. The van der Waals surface area contributed by atoms with E-state index in [0.29, 0.717) is 34.7 Å². The third-order valence-electron chi connectivity index (χ3n) is 4.95. The van der Waals surface area contributed by atoms with Gasteiger partial charge in [0.25, 0.3) is 5.91 Å². The minimum absolute atomic E-state index is 0.139. The van der Waals surface area contributed by atoms with E-state index in [-0.39, 0.29) is 17.3 Å². The van der Waals surface area contributed by atoms with Crippen LogP contribution >= 0.6 is 0 Å². The van der Waals surface area contributed by atoms with Crippen molar-refractivity contribution >= 4 is 21.6 Å². The second-order valence-corrected chi connectivity index (χ2v) is 8.90. The second kappa shape index (κ2) is 10.3. The maximum absolute atomic E-state index is 12.7. The molecule has 3 rings (SSSR count). The van der Waals surface area contributed by atoms with Crippen molar-refractivity contribution in [2.24, 2.45) is 0 Å². The van der Waals surface area contributed by atoms with E-state index in [9.17, 15) is 13.2 Å². The number of carbonyl (C=O) groups excluding carboxylic acids is 1. The zero-order chi connectivity index (χ0) is 23.1. The monoisotopic (exact) mass is 454 g/mol.